The van der Waals surface area contributed by atoms with E-state index in [1.165, 1.54) is 12.3 Å². The third-order valence-corrected chi connectivity index (χ3v) is 3.07. The average molecular weight is 326 g/mol. The van der Waals surface area contributed by atoms with Gasteiger partial charge in [-0.1, -0.05) is 18.2 Å². The molecule has 0 aliphatic carbocycles. The van der Waals surface area contributed by atoms with Gasteiger partial charge in [0.2, 0.25) is 0 Å². The van der Waals surface area contributed by atoms with Gasteiger partial charge in [-0.3, -0.25) is 0 Å². The summed E-state index contributed by atoms with van der Waals surface area (Å²) in [5.41, 5.74) is 0.773. The number of aromatic nitrogens is 2. The molecule has 0 N–H and O–H groups in total. The van der Waals surface area contributed by atoms with E-state index < -0.39 is 5.97 Å². The van der Waals surface area contributed by atoms with Gasteiger partial charge in [-0.05, 0) is 24.3 Å². The lowest BCUT2D eigenvalue weighted by Gasteiger charge is -2.03. The monoisotopic (exact) mass is 326 g/mol. The molecular formula is C17H14N2O5. The molecule has 0 fully saturated rings. The molecule has 7 heteroatoms. The third kappa shape index (κ3) is 3.70. The zero-order valence-electron chi connectivity index (χ0n) is 12.8. The topological polar surface area (TPSA) is 87.6 Å². The van der Waals surface area contributed by atoms with E-state index in [-0.39, 0.29) is 18.4 Å². The molecule has 0 radical (unpaired) electrons. The second-order valence-corrected chi connectivity index (χ2v) is 4.66. The van der Waals surface area contributed by atoms with Gasteiger partial charge in [-0.25, -0.2) is 4.79 Å². The number of methoxy groups -OCH3 is 1. The molecule has 0 bridgehead atoms. The largest absolute Gasteiger partial charge is 0.496 e. The molecule has 122 valence electrons. The molecule has 1 aromatic carbocycles. The van der Waals surface area contributed by atoms with Gasteiger partial charge >= 0.3 is 5.97 Å². The number of nitrogens with zero attached hydrogens (tertiary/aromatic N) is 2. The van der Waals surface area contributed by atoms with E-state index in [4.69, 9.17) is 18.3 Å². The molecular weight excluding hydrogens is 312 g/mol. The van der Waals surface area contributed by atoms with E-state index >= 15 is 0 Å². The number of hydrogen-bond acceptors (Lipinski definition) is 7. The van der Waals surface area contributed by atoms with Crippen LogP contribution in [0.15, 0.2) is 57.6 Å². The molecule has 0 saturated carbocycles. The van der Waals surface area contributed by atoms with Crippen LogP contribution in [0.4, 0.5) is 0 Å². The molecule has 2 heterocycles. The molecule has 0 amide bonds. The Morgan fingerprint density at radius 1 is 1.21 bits per heavy atom. The number of furan rings is 1. The Balaban J connectivity index is 1.57. The highest BCUT2D eigenvalue weighted by Gasteiger charge is 2.11. The number of esters is 1. The minimum atomic E-state index is -0.529. The lowest BCUT2D eigenvalue weighted by molar-refractivity contribution is -0.139. The first kappa shape index (κ1) is 15.5. The molecule has 24 heavy (non-hydrogen) atoms. The molecule has 0 unspecified atom stereocenters. The van der Waals surface area contributed by atoms with Crippen LogP contribution in [-0.2, 0) is 16.1 Å². The van der Waals surface area contributed by atoms with Crippen LogP contribution < -0.4 is 4.74 Å². The van der Waals surface area contributed by atoms with Crippen LogP contribution >= 0.6 is 0 Å². The summed E-state index contributed by atoms with van der Waals surface area (Å²) in [6.45, 7) is -0.122. The van der Waals surface area contributed by atoms with E-state index in [1.807, 2.05) is 18.2 Å². The second-order valence-electron chi connectivity index (χ2n) is 4.66. The number of rotatable bonds is 6. The van der Waals surface area contributed by atoms with E-state index in [0.717, 1.165) is 5.56 Å². The smallest absolute Gasteiger partial charge is 0.331 e. The zero-order valence-corrected chi connectivity index (χ0v) is 12.8. The molecule has 3 aromatic rings. The molecule has 0 aliphatic rings. The van der Waals surface area contributed by atoms with Crippen molar-refractivity contribution in [1.82, 2.24) is 10.2 Å². The summed E-state index contributed by atoms with van der Waals surface area (Å²) in [4.78, 5) is 11.8. The Bertz CT molecular complexity index is 836. The van der Waals surface area contributed by atoms with Gasteiger partial charge in [0, 0.05) is 11.6 Å². The average Bonchev–Trinajstić information content (AvgIpc) is 3.29. The van der Waals surface area contributed by atoms with Gasteiger partial charge in [0.25, 0.3) is 11.8 Å². The van der Waals surface area contributed by atoms with Crippen LogP contribution in [0.3, 0.4) is 0 Å². The summed E-state index contributed by atoms with van der Waals surface area (Å²) < 4.78 is 20.7. The normalized spacial score (nSPS) is 10.9. The van der Waals surface area contributed by atoms with Crippen molar-refractivity contribution in [1.29, 1.82) is 0 Å². The van der Waals surface area contributed by atoms with Crippen molar-refractivity contribution in [3.8, 4) is 17.4 Å². The quantitative estimate of drug-likeness (QED) is 0.508. The van der Waals surface area contributed by atoms with Crippen LogP contribution in [0, 0.1) is 0 Å². The lowest BCUT2D eigenvalue weighted by Crippen LogP contribution is -2.01. The highest BCUT2D eigenvalue weighted by molar-refractivity contribution is 5.87. The van der Waals surface area contributed by atoms with Crippen molar-refractivity contribution >= 4 is 12.0 Å². The fraction of sp³-hybridized carbons (Fsp3) is 0.118. The number of hydrogen-bond donors (Lipinski definition) is 0. The van der Waals surface area contributed by atoms with Gasteiger partial charge in [-0.15, -0.1) is 10.2 Å². The molecule has 3 rings (SSSR count). The first-order chi connectivity index (χ1) is 11.8. The Hall–Kier alpha value is -3.35. The van der Waals surface area contributed by atoms with Gasteiger partial charge in [-0.2, -0.15) is 0 Å². The Labute approximate surface area is 137 Å². The number of carbonyl (C=O) groups is 1. The van der Waals surface area contributed by atoms with Crippen molar-refractivity contribution in [2.45, 2.75) is 6.61 Å². The first-order valence-electron chi connectivity index (χ1n) is 7.10. The van der Waals surface area contributed by atoms with Crippen molar-refractivity contribution in [3.63, 3.8) is 0 Å². The summed E-state index contributed by atoms with van der Waals surface area (Å²) >= 11 is 0. The minimum Gasteiger partial charge on any atom is -0.496 e. The highest BCUT2D eigenvalue weighted by Crippen LogP contribution is 2.19. The van der Waals surface area contributed by atoms with Gasteiger partial charge in [0.1, 0.15) is 5.75 Å². The number of ether oxygens (including phenoxy) is 2. The maximum absolute atomic E-state index is 11.8. The Morgan fingerprint density at radius 2 is 2.08 bits per heavy atom. The summed E-state index contributed by atoms with van der Waals surface area (Å²) in [5.74, 6) is 1.01. The fourth-order valence-corrected chi connectivity index (χ4v) is 1.95. The summed E-state index contributed by atoms with van der Waals surface area (Å²) in [5, 5.41) is 7.61. The van der Waals surface area contributed by atoms with Crippen LogP contribution in [0.2, 0.25) is 0 Å². The maximum atomic E-state index is 11.8. The summed E-state index contributed by atoms with van der Waals surface area (Å²) in [6.07, 6.45) is 4.42. The molecule has 7 nitrogen and oxygen atoms in total. The summed E-state index contributed by atoms with van der Waals surface area (Å²) in [7, 11) is 1.57. The van der Waals surface area contributed by atoms with Crippen molar-refractivity contribution in [2.75, 3.05) is 7.11 Å². The maximum Gasteiger partial charge on any atom is 0.331 e. The van der Waals surface area contributed by atoms with Gasteiger partial charge in [0.05, 0.1) is 13.4 Å². The second kappa shape index (κ2) is 7.28. The number of benzene rings is 1. The van der Waals surface area contributed by atoms with E-state index in [2.05, 4.69) is 10.2 Å². The SMILES string of the molecule is COc1ccccc1/C=C/C(=O)OCc1nnc(-c2ccco2)o1. The predicted octanol–water partition coefficient (Wildman–Crippen LogP) is 3.09. The zero-order chi connectivity index (χ0) is 16.8. The highest BCUT2D eigenvalue weighted by atomic mass is 16.5. The molecule has 0 atom stereocenters. The summed E-state index contributed by atoms with van der Waals surface area (Å²) in [6, 6.07) is 10.7. The lowest BCUT2D eigenvalue weighted by atomic mass is 10.2. The third-order valence-electron chi connectivity index (χ3n) is 3.07. The van der Waals surface area contributed by atoms with Crippen LogP contribution in [0.5, 0.6) is 5.75 Å². The first-order valence-corrected chi connectivity index (χ1v) is 7.10. The van der Waals surface area contributed by atoms with Crippen molar-refractivity contribution in [2.24, 2.45) is 0 Å². The number of carbonyl (C=O) groups excluding carboxylic acids is 1. The molecule has 0 spiro atoms. The van der Waals surface area contributed by atoms with Crippen molar-refractivity contribution in [3.05, 3.63) is 60.2 Å². The minimum absolute atomic E-state index is 0.122. The molecule has 2 aromatic heterocycles. The van der Waals surface area contributed by atoms with Crippen LogP contribution in [0.1, 0.15) is 11.5 Å². The van der Waals surface area contributed by atoms with E-state index in [1.54, 1.807) is 31.4 Å². The van der Waals surface area contributed by atoms with Crippen LogP contribution in [0.25, 0.3) is 17.7 Å². The molecule has 0 saturated heterocycles. The van der Waals surface area contributed by atoms with Crippen molar-refractivity contribution < 1.29 is 23.1 Å². The molecule has 0 aliphatic heterocycles. The van der Waals surface area contributed by atoms with Gasteiger partial charge in [0.15, 0.2) is 12.4 Å². The van der Waals surface area contributed by atoms with E-state index in [9.17, 15) is 4.79 Å². The standard InChI is InChI=1S/C17H14N2O5/c1-21-13-6-3-2-5-12(13)8-9-16(20)23-11-15-18-19-17(24-15)14-7-4-10-22-14/h2-10H,11H2,1H3/b9-8+. The van der Waals surface area contributed by atoms with Crippen LogP contribution in [-0.4, -0.2) is 23.3 Å². The Morgan fingerprint density at radius 3 is 2.88 bits per heavy atom. The predicted molar refractivity (Wildman–Crippen MR) is 83.8 cm³/mol. The fourth-order valence-electron chi connectivity index (χ4n) is 1.95. The Kier molecular flexibility index (Phi) is 4.71. The van der Waals surface area contributed by atoms with Gasteiger partial charge < -0.3 is 18.3 Å². The van der Waals surface area contributed by atoms with E-state index in [0.29, 0.717) is 11.5 Å². The number of para-hydroxylation sites is 1.